The highest BCUT2D eigenvalue weighted by molar-refractivity contribution is 5.76. The van der Waals surface area contributed by atoms with Gasteiger partial charge in [-0.3, -0.25) is 0 Å². The number of nitrogens with one attached hydrogen (secondary N) is 1. The highest BCUT2D eigenvalue weighted by atomic mass is 16.2. The minimum Gasteiger partial charge on any atom is -0.336 e. The Hall–Kier alpha value is -0.730. The first-order chi connectivity index (χ1) is 5.27. The second-order valence-corrected chi connectivity index (χ2v) is 3.66. The van der Waals surface area contributed by atoms with E-state index >= 15 is 0 Å². The zero-order valence-electron chi connectivity index (χ0n) is 6.84. The van der Waals surface area contributed by atoms with Crippen LogP contribution in [0.2, 0.25) is 0 Å². The van der Waals surface area contributed by atoms with Gasteiger partial charge in [0.25, 0.3) is 0 Å². The van der Waals surface area contributed by atoms with Crippen LogP contribution >= 0.6 is 0 Å². The molecule has 1 heterocycles. The second-order valence-electron chi connectivity index (χ2n) is 3.66. The van der Waals surface area contributed by atoms with Gasteiger partial charge in [-0.25, -0.2) is 4.79 Å². The van der Waals surface area contributed by atoms with Crippen molar-refractivity contribution in [2.45, 2.75) is 25.8 Å². The number of urea groups is 1. The molecule has 0 unspecified atom stereocenters. The van der Waals surface area contributed by atoms with E-state index in [9.17, 15) is 4.79 Å². The van der Waals surface area contributed by atoms with Gasteiger partial charge in [0.2, 0.25) is 0 Å². The number of nitrogens with zero attached hydrogens (tertiary/aromatic N) is 1. The zero-order chi connectivity index (χ0) is 7.84. The van der Waals surface area contributed by atoms with Gasteiger partial charge in [0.05, 0.1) is 0 Å². The first kappa shape index (κ1) is 6.95. The summed E-state index contributed by atoms with van der Waals surface area (Å²) in [6, 6.07) is 0.689. The Morgan fingerprint density at radius 2 is 2.27 bits per heavy atom. The zero-order valence-corrected chi connectivity index (χ0v) is 6.84. The Morgan fingerprint density at radius 1 is 1.55 bits per heavy atom. The molecule has 11 heavy (non-hydrogen) atoms. The van der Waals surface area contributed by atoms with Crippen molar-refractivity contribution in [1.82, 2.24) is 10.2 Å². The van der Waals surface area contributed by atoms with Crippen LogP contribution < -0.4 is 5.32 Å². The molecule has 1 N–H and O–H groups in total. The quantitative estimate of drug-likeness (QED) is 0.595. The summed E-state index contributed by atoms with van der Waals surface area (Å²) in [6.45, 7) is 3.99. The molecule has 0 aromatic carbocycles. The standard InChI is InChI=1S/C8H14N2O/c1-6-4-7(5-6)10-3-2-9-8(10)11/h6-7H,2-5H2,1H3,(H,9,11). The summed E-state index contributed by atoms with van der Waals surface area (Å²) in [5, 5.41) is 2.82. The van der Waals surface area contributed by atoms with Crippen LogP contribution in [-0.2, 0) is 0 Å². The van der Waals surface area contributed by atoms with E-state index in [1.165, 1.54) is 12.8 Å². The molecule has 2 aliphatic rings. The van der Waals surface area contributed by atoms with Crippen molar-refractivity contribution in [2.75, 3.05) is 13.1 Å². The number of rotatable bonds is 1. The number of carbonyl (C=O) groups is 1. The molecule has 3 heteroatoms. The summed E-state index contributed by atoms with van der Waals surface area (Å²) in [5.74, 6) is 0.827. The molecular formula is C8H14N2O. The van der Waals surface area contributed by atoms with Crippen molar-refractivity contribution in [3.63, 3.8) is 0 Å². The van der Waals surface area contributed by atoms with Crippen LogP contribution in [0, 0.1) is 5.92 Å². The fourth-order valence-electron chi connectivity index (χ4n) is 1.95. The molecule has 62 valence electrons. The third-order valence-electron chi connectivity index (χ3n) is 2.68. The summed E-state index contributed by atoms with van der Waals surface area (Å²) in [4.78, 5) is 13.1. The lowest BCUT2D eigenvalue weighted by Gasteiger charge is -2.38. The molecule has 2 fully saturated rings. The molecule has 0 radical (unpaired) electrons. The normalized spacial score (nSPS) is 36.8. The fraction of sp³-hybridized carbons (Fsp3) is 0.875. The van der Waals surface area contributed by atoms with Crippen LogP contribution in [0.1, 0.15) is 19.8 Å². The third kappa shape index (κ3) is 1.08. The molecule has 2 rings (SSSR count). The lowest BCUT2D eigenvalue weighted by atomic mass is 9.81. The predicted octanol–water partition coefficient (Wildman–Crippen LogP) is 0.810. The second kappa shape index (κ2) is 2.40. The van der Waals surface area contributed by atoms with Crippen LogP contribution in [0.5, 0.6) is 0 Å². The van der Waals surface area contributed by atoms with E-state index in [4.69, 9.17) is 0 Å². The fourth-order valence-corrected chi connectivity index (χ4v) is 1.95. The van der Waals surface area contributed by atoms with E-state index in [1.807, 2.05) is 4.90 Å². The van der Waals surface area contributed by atoms with Crippen molar-refractivity contribution in [2.24, 2.45) is 5.92 Å². The van der Waals surface area contributed by atoms with Gasteiger partial charge in [-0.1, -0.05) is 6.92 Å². The average Bonchev–Trinajstić information content (AvgIpc) is 2.29. The van der Waals surface area contributed by atoms with Gasteiger partial charge >= 0.3 is 6.03 Å². The van der Waals surface area contributed by atoms with Crippen molar-refractivity contribution in [3.8, 4) is 0 Å². The van der Waals surface area contributed by atoms with E-state index in [1.54, 1.807) is 0 Å². The van der Waals surface area contributed by atoms with Crippen molar-refractivity contribution < 1.29 is 4.79 Å². The molecule has 1 saturated carbocycles. The van der Waals surface area contributed by atoms with E-state index in [2.05, 4.69) is 12.2 Å². The maximum Gasteiger partial charge on any atom is 0.317 e. The molecule has 0 aromatic rings. The van der Waals surface area contributed by atoms with Gasteiger partial charge in [-0.05, 0) is 18.8 Å². The minimum atomic E-state index is 0.141. The van der Waals surface area contributed by atoms with Crippen LogP contribution in [-0.4, -0.2) is 30.1 Å². The summed E-state index contributed by atoms with van der Waals surface area (Å²) in [5.41, 5.74) is 0. The Morgan fingerprint density at radius 3 is 2.73 bits per heavy atom. The van der Waals surface area contributed by atoms with E-state index in [0.29, 0.717) is 6.04 Å². The van der Waals surface area contributed by atoms with Gasteiger partial charge < -0.3 is 10.2 Å². The molecular weight excluding hydrogens is 140 g/mol. The first-order valence-corrected chi connectivity index (χ1v) is 4.32. The lowest BCUT2D eigenvalue weighted by Crippen LogP contribution is -2.45. The van der Waals surface area contributed by atoms with Gasteiger partial charge in [-0.2, -0.15) is 0 Å². The van der Waals surface area contributed by atoms with Gasteiger partial charge in [-0.15, -0.1) is 0 Å². The highest BCUT2D eigenvalue weighted by Gasteiger charge is 2.35. The Labute approximate surface area is 66.8 Å². The van der Waals surface area contributed by atoms with E-state index < -0.39 is 0 Å². The Kier molecular flexibility index (Phi) is 1.51. The van der Waals surface area contributed by atoms with Crippen molar-refractivity contribution in [3.05, 3.63) is 0 Å². The number of carbonyl (C=O) groups excluding carboxylic acids is 1. The molecule has 1 aliphatic carbocycles. The van der Waals surface area contributed by atoms with Crippen molar-refractivity contribution >= 4 is 6.03 Å². The van der Waals surface area contributed by atoms with Crippen LogP contribution in [0.3, 0.4) is 0 Å². The van der Waals surface area contributed by atoms with Gasteiger partial charge in [0, 0.05) is 19.1 Å². The minimum absolute atomic E-state index is 0.141. The van der Waals surface area contributed by atoms with Crippen LogP contribution in [0.4, 0.5) is 4.79 Å². The lowest BCUT2D eigenvalue weighted by molar-refractivity contribution is 0.125. The van der Waals surface area contributed by atoms with Gasteiger partial charge in [0.1, 0.15) is 0 Å². The smallest absolute Gasteiger partial charge is 0.317 e. The third-order valence-corrected chi connectivity index (χ3v) is 2.68. The molecule has 1 aliphatic heterocycles. The number of hydrogen-bond acceptors (Lipinski definition) is 1. The maximum absolute atomic E-state index is 11.1. The number of amides is 2. The molecule has 0 spiro atoms. The van der Waals surface area contributed by atoms with Crippen LogP contribution in [0.25, 0.3) is 0 Å². The Balaban J connectivity index is 1.90. The molecule has 0 aromatic heterocycles. The van der Waals surface area contributed by atoms with Gasteiger partial charge in [0.15, 0.2) is 0 Å². The monoisotopic (exact) mass is 154 g/mol. The summed E-state index contributed by atoms with van der Waals surface area (Å²) < 4.78 is 0. The first-order valence-electron chi connectivity index (χ1n) is 4.32. The molecule has 0 atom stereocenters. The van der Waals surface area contributed by atoms with E-state index in [-0.39, 0.29) is 6.03 Å². The Bertz CT molecular complexity index is 175. The molecule has 2 amide bonds. The predicted molar refractivity (Wildman–Crippen MR) is 42.3 cm³/mol. The average molecular weight is 154 g/mol. The number of hydrogen-bond donors (Lipinski definition) is 1. The molecule has 3 nitrogen and oxygen atoms in total. The largest absolute Gasteiger partial charge is 0.336 e. The molecule has 1 saturated heterocycles. The summed E-state index contributed by atoms with van der Waals surface area (Å²) in [6.07, 6.45) is 2.40. The van der Waals surface area contributed by atoms with Crippen LogP contribution in [0.15, 0.2) is 0 Å². The van der Waals surface area contributed by atoms with Crippen molar-refractivity contribution in [1.29, 1.82) is 0 Å². The highest BCUT2D eigenvalue weighted by Crippen LogP contribution is 2.31. The molecule has 0 bridgehead atoms. The topological polar surface area (TPSA) is 32.3 Å². The SMILES string of the molecule is CC1CC(N2CCNC2=O)C1. The maximum atomic E-state index is 11.1. The summed E-state index contributed by atoms with van der Waals surface area (Å²) >= 11 is 0. The van der Waals surface area contributed by atoms with E-state index in [0.717, 1.165) is 19.0 Å². The summed E-state index contributed by atoms with van der Waals surface area (Å²) in [7, 11) is 0.